The molecule has 3 aliphatic rings. The van der Waals surface area contributed by atoms with E-state index in [1.165, 1.54) is 25.7 Å². The zero-order valence-electron chi connectivity index (χ0n) is 6.14. The van der Waals surface area contributed by atoms with Gasteiger partial charge < -0.3 is 0 Å². The van der Waals surface area contributed by atoms with Crippen LogP contribution in [0.4, 0.5) is 0 Å². The maximum atomic E-state index is 3.21. The summed E-state index contributed by atoms with van der Waals surface area (Å²) in [7, 11) is 0. The lowest BCUT2D eigenvalue weighted by Crippen LogP contribution is -2.18. The van der Waals surface area contributed by atoms with Gasteiger partial charge in [-0.15, -0.1) is 0 Å². The van der Waals surface area contributed by atoms with Crippen LogP contribution in [-0.2, 0) is 0 Å². The molecule has 3 atom stereocenters. The van der Waals surface area contributed by atoms with Crippen LogP contribution in [-0.4, -0.2) is 6.17 Å². The second kappa shape index (κ2) is 1.74. The minimum absolute atomic E-state index is 0.704. The normalized spacial score (nSPS) is 52.2. The number of hydrogen-bond acceptors (Lipinski definition) is 2. The van der Waals surface area contributed by atoms with Gasteiger partial charge in [0, 0.05) is 0 Å². The van der Waals surface area contributed by atoms with Gasteiger partial charge in [-0.3, -0.25) is 0 Å². The van der Waals surface area contributed by atoms with E-state index in [-0.39, 0.29) is 0 Å². The lowest BCUT2D eigenvalue weighted by molar-refractivity contribution is 0.323. The van der Waals surface area contributed by atoms with E-state index in [1.54, 1.807) is 0 Å². The van der Waals surface area contributed by atoms with Crippen LogP contribution in [0.1, 0.15) is 25.7 Å². The van der Waals surface area contributed by atoms with E-state index in [4.69, 9.17) is 0 Å². The Morgan fingerprint density at radius 1 is 1.00 bits per heavy atom. The summed E-state index contributed by atoms with van der Waals surface area (Å²) in [5.41, 5.74) is 6.42. The summed E-state index contributed by atoms with van der Waals surface area (Å²) in [6.07, 6.45) is 6.76. The highest BCUT2D eigenvalue weighted by atomic mass is 15.6. The summed E-state index contributed by atoms with van der Waals surface area (Å²) < 4.78 is 0. The highest BCUT2D eigenvalue weighted by Crippen LogP contribution is 2.49. The molecule has 0 radical (unpaired) electrons. The van der Waals surface area contributed by atoms with Crippen molar-refractivity contribution in [3.05, 3.63) is 0 Å². The molecule has 1 saturated heterocycles. The summed E-state index contributed by atoms with van der Waals surface area (Å²) in [5, 5.41) is 0. The van der Waals surface area contributed by atoms with Crippen molar-refractivity contribution in [2.75, 3.05) is 0 Å². The molecule has 56 valence electrons. The molecule has 0 aromatic heterocycles. The summed E-state index contributed by atoms with van der Waals surface area (Å²) in [6.45, 7) is 0. The molecule has 0 aromatic carbocycles. The Labute approximate surface area is 61.3 Å². The molecule has 2 N–H and O–H groups in total. The third-order valence-corrected chi connectivity index (χ3v) is 3.53. The topological polar surface area (TPSA) is 43.9 Å². The predicted molar refractivity (Wildman–Crippen MR) is 39.0 cm³/mol. The Morgan fingerprint density at radius 3 is 2.40 bits per heavy atom. The van der Waals surface area contributed by atoms with Crippen LogP contribution < -0.4 is 10.9 Å². The first kappa shape index (κ1) is 5.56. The minimum atomic E-state index is 0.704. The molecule has 2 nitrogen and oxygen atoms in total. The van der Waals surface area contributed by atoms with E-state index in [0.29, 0.717) is 6.17 Å². The summed E-state index contributed by atoms with van der Waals surface area (Å²) in [4.78, 5) is 0. The molecule has 3 fully saturated rings. The first-order chi connectivity index (χ1) is 4.93. The van der Waals surface area contributed by atoms with Crippen LogP contribution in [0.15, 0.2) is 0 Å². The largest absolute Gasteiger partial charge is 0.238 e. The summed E-state index contributed by atoms with van der Waals surface area (Å²) >= 11 is 0. The lowest BCUT2D eigenvalue weighted by atomic mass is 9.88. The molecule has 1 heterocycles. The Hall–Kier alpha value is -0.0800. The van der Waals surface area contributed by atoms with Crippen molar-refractivity contribution in [3.8, 4) is 0 Å². The number of hydrazine groups is 1. The van der Waals surface area contributed by atoms with E-state index < -0.39 is 0 Å². The van der Waals surface area contributed by atoms with Gasteiger partial charge in [-0.2, -0.15) is 0 Å². The van der Waals surface area contributed by atoms with Crippen molar-refractivity contribution in [2.24, 2.45) is 17.8 Å². The molecule has 3 unspecified atom stereocenters. The van der Waals surface area contributed by atoms with Gasteiger partial charge in [0.15, 0.2) is 0 Å². The zero-order valence-corrected chi connectivity index (χ0v) is 6.14. The molecule has 10 heavy (non-hydrogen) atoms. The SMILES string of the molecule is C1CC2CC1CC2C1NN1. The molecule has 0 amide bonds. The molecular weight excluding hydrogens is 124 g/mol. The van der Waals surface area contributed by atoms with E-state index >= 15 is 0 Å². The first-order valence-electron chi connectivity index (χ1n) is 4.44. The van der Waals surface area contributed by atoms with E-state index in [1.807, 2.05) is 0 Å². The van der Waals surface area contributed by atoms with Gasteiger partial charge in [0.05, 0.1) is 6.17 Å². The fraction of sp³-hybridized carbons (Fsp3) is 1.00. The Morgan fingerprint density at radius 2 is 1.90 bits per heavy atom. The minimum Gasteiger partial charge on any atom is -0.238 e. The van der Waals surface area contributed by atoms with Crippen molar-refractivity contribution in [1.82, 2.24) is 10.9 Å². The second-order valence-electron chi connectivity index (χ2n) is 4.11. The van der Waals surface area contributed by atoms with Crippen LogP contribution in [0.25, 0.3) is 0 Å². The van der Waals surface area contributed by atoms with Crippen molar-refractivity contribution >= 4 is 0 Å². The third kappa shape index (κ3) is 0.663. The van der Waals surface area contributed by atoms with Crippen molar-refractivity contribution < 1.29 is 0 Å². The molecule has 0 aromatic rings. The van der Waals surface area contributed by atoms with Gasteiger partial charge in [-0.05, 0) is 37.0 Å². The molecule has 3 rings (SSSR count). The predicted octanol–water partition coefficient (Wildman–Crippen LogP) is 0.856. The molecule has 0 spiro atoms. The first-order valence-corrected chi connectivity index (χ1v) is 4.44. The van der Waals surface area contributed by atoms with Gasteiger partial charge in [-0.25, -0.2) is 10.9 Å². The number of nitrogens with one attached hydrogen (secondary N) is 2. The van der Waals surface area contributed by atoms with Crippen molar-refractivity contribution in [3.63, 3.8) is 0 Å². The molecule has 2 heteroatoms. The standard InChI is InChI=1S/C8H14N2/c1-2-6-3-5(1)4-7(6)8-9-10-8/h5-10H,1-4H2. The highest BCUT2D eigenvalue weighted by Gasteiger charge is 2.46. The Balaban J connectivity index is 1.77. The van der Waals surface area contributed by atoms with Gasteiger partial charge >= 0.3 is 0 Å². The second-order valence-corrected chi connectivity index (χ2v) is 4.11. The molecule has 2 saturated carbocycles. The van der Waals surface area contributed by atoms with Gasteiger partial charge in [0.1, 0.15) is 0 Å². The average molecular weight is 138 g/mol. The van der Waals surface area contributed by atoms with Gasteiger partial charge in [0.2, 0.25) is 0 Å². The maximum absolute atomic E-state index is 3.21. The summed E-state index contributed by atoms with van der Waals surface area (Å²) in [6, 6.07) is 0. The maximum Gasteiger partial charge on any atom is 0.0863 e. The highest BCUT2D eigenvalue weighted by molar-refractivity contribution is 4.97. The van der Waals surface area contributed by atoms with E-state index in [9.17, 15) is 0 Å². The monoisotopic (exact) mass is 138 g/mol. The lowest BCUT2D eigenvalue weighted by Gasteiger charge is -2.18. The van der Waals surface area contributed by atoms with Crippen LogP contribution in [0, 0.1) is 17.8 Å². The van der Waals surface area contributed by atoms with E-state index in [0.717, 1.165) is 17.8 Å². The van der Waals surface area contributed by atoms with Crippen LogP contribution in [0.3, 0.4) is 0 Å². The van der Waals surface area contributed by atoms with Gasteiger partial charge in [0.25, 0.3) is 0 Å². The van der Waals surface area contributed by atoms with E-state index in [2.05, 4.69) is 10.9 Å². The fourth-order valence-electron chi connectivity index (χ4n) is 2.96. The Bertz CT molecular complexity index is 153. The van der Waals surface area contributed by atoms with Crippen LogP contribution >= 0.6 is 0 Å². The molecular formula is C8H14N2. The number of fused-ring (bicyclic) bond motifs is 2. The number of hydrogen-bond donors (Lipinski definition) is 2. The Kier molecular flexibility index (Phi) is 0.968. The quantitative estimate of drug-likeness (QED) is 0.528. The fourth-order valence-corrected chi connectivity index (χ4v) is 2.96. The smallest absolute Gasteiger partial charge is 0.0863 e. The van der Waals surface area contributed by atoms with Crippen LogP contribution in [0.5, 0.6) is 0 Å². The molecule has 2 bridgehead atoms. The molecule has 2 aliphatic carbocycles. The van der Waals surface area contributed by atoms with Crippen LogP contribution in [0.2, 0.25) is 0 Å². The number of rotatable bonds is 1. The van der Waals surface area contributed by atoms with Crippen molar-refractivity contribution in [2.45, 2.75) is 31.8 Å². The molecule has 1 aliphatic heterocycles. The van der Waals surface area contributed by atoms with Crippen molar-refractivity contribution in [1.29, 1.82) is 0 Å². The average Bonchev–Trinajstić information content (AvgIpc) is 2.60. The zero-order chi connectivity index (χ0) is 6.55. The van der Waals surface area contributed by atoms with Gasteiger partial charge in [-0.1, -0.05) is 6.42 Å². The summed E-state index contributed by atoms with van der Waals surface area (Å²) in [5.74, 6) is 3.15. The third-order valence-electron chi connectivity index (χ3n) is 3.53.